The van der Waals surface area contributed by atoms with Crippen molar-refractivity contribution < 1.29 is 0 Å². The molecule has 1 aliphatic rings. The second-order valence-electron chi connectivity index (χ2n) is 6.15. The summed E-state index contributed by atoms with van der Waals surface area (Å²) in [4.78, 5) is 17.4. The minimum atomic E-state index is 0.511. The van der Waals surface area contributed by atoms with E-state index in [1.807, 2.05) is 42.7 Å². The van der Waals surface area contributed by atoms with Gasteiger partial charge in [-0.15, -0.1) is 0 Å². The summed E-state index contributed by atoms with van der Waals surface area (Å²) in [5.41, 5.74) is 3.18. The van der Waals surface area contributed by atoms with Crippen LogP contribution in [0.5, 0.6) is 0 Å². The van der Waals surface area contributed by atoms with Crippen molar-refractivity contribution in [2.45, 2.75) is 25.3 Å². The third-order valence-electron chi connectivity index (χ3n) is 4.08. The molecule has 0 saturated heterocycles. The van der Waals surface area contributed by atoms with Gasteiger partial charge in [-0.1, -0.05) is 0 Å². The van der Waals surface area contributed by atoms with Crippen LogP contribution in [0.1, 0.15) is 18.4 Å². The van der Waals surface area contributed by atoms with Crippen LogP contribution in [0.4, 0.5) is 11.8 Å². The molecule has 0 unspecified atom stereocenters. The van der Waals surface area contributed by atoms with Crippen molar-refractivity contribution in [3.8, 4) is 11.3 Å². The highest BCUT2D eigenvalue weighted by molar-refractivity contribution is 5.64. The Hall–Kier alpha value is -3.02. The Morgan fingerprint density at radius 2 is 1.64 bits per heavy atom. The van der Waals surface area contributed by atoms with Gasteiger partial charge in [-0.25, -0.2) is 4.98 Å². The average Bonchev–Trinajstić information content (AvgIpc) is 3.47. The van der Waals surface area contributed by atoms with Gasteiger partial charge in [-0.05, 0) is 49.1 Å². The van der Waals surface area contributed by atoms with Crippen molar-refractivity contribution in [2.24, 2.45) is 0 Å². The molecule has 0 atom stereocenters. The van der Waals surface area contributed by atoms with Crippen LogP contribution in [-0.4, -0.2) is 32.5 Å². The molecule has 6 nitrogen and oxygen atoms in total. The van der Waals surface area contributed by atoms with Gasteiger partial charge in [0.15, 0.2) is 0 Å². The Morgan fingerprint density at radius 1 is 0.920 bits per heavy atom. The van der Waals surface area contributed by atoms with Crippen LogP contribution in [0.3, 0.4) is 0 Å². The van der Waals surface area contributed by atoms with Crippen LogP contribution in [0.2, 0.25) is 0 Å². The van der Waals surface area contributed by atoms with Gasteiger partial charge in [-0.3, -0.25) is 9.97 Å². The Bertz CT molecular complexity index is 818. The molecule has 2 N–H and O–H groups in total. The second-order valence-corrected chi connectivity index (χ2v) is 6.15. The Kier molecular flexibility index (Phi) is 4.50. The van der Waals surface area contributed by atoms with Crippen LogP contribution < -0.4 is 10.6 Å². The SMILES string of the molecule is c1cc(CCNc2cc(-c3ccncc3)nc(NC3CC3)n2)ccn1. The maximum atomic E-state index is 4.65. The lowest BCUT2D eigenvalue weighted by molar-refractivity contribution is 0.987. The number of nitrogens with one attached hydrogen (secondary N) is 2. The van der Waals surface area contributed by atoms with Gasteiger partial charge < -0.3 is 10.6 Å². The number of nitrogens with zero attached hydrogens (tertiary/aromatic N) is 4. The third kappa shape index (κ3) is 4.29. The molecular weight excluding hydrogens is 312 g/mol. The van der Waals surface area contributed by atoms with Crippen LogP contribution >= 0.6 is 0 Å². The monoisotopic (exact) mass is 332 g/mol. The minimum absolute atomic E-state index is 0.511. The first-order valence-corrected chi connectivity index (χ1v) is 8.55. The zero-order valence-corrected chi connectivity index (χ0v) is 13.9. The molecule has 6 heteroatoms. The average molecular weight is 332 g/mol. The summed E-state index contributed by atoms with van der Waals surface area (Å²) in [7, 11) is 0. The molecule has 0 aliphatic heterocycles. The van der Waals surface area contributed by atoms with E-state index in [0.29, 0.717) is 12.0 Å². The van der Waals surface area contributed by atoms with E-state index in [4.69, 9.17) is 0 Å². The van der Waals surface area contributed by atoms with Gasteiger partial charge in [0.25, 0.3) is 0 Å². The van der Waals surface area contributed by atoms with Crippen LogP contribution in [0.15, 0.2) is 55.1 Å². The van der Waals surface area contributed by atoms with E-state index in [-0.39, 0.29) is 0 Å². The van der Waals surface area contributed by atoms with Gasteiger partial charge >= 0.3 is 0 Å². The first kappa shape index (κ1) is 15.5. The molecule has 126 valence electrons. The summed E-state index contributed by atoms with van der Waals surface area (Å²) < 4.78 is 0. The summed E-state index contributed by atoms with van der Waals surface area (Å²) in [5, 5.41) is 6.80. The zero-order chi connectivity index (χ0) is 16.9. The molecule has 3 aromatic heterocycles. The molecule has 3 heterocycles. The largest absolute Gasteiger partial charge is 0.370 e. The normalized spacial score (nSPS) is 13.4. The number of aromatic nitrogens is 4. The molecule has 0 aromatic carbocycles. The highest BCUT2D eigenvalue weighted by Gasteiger charge is 2.22. The van der Waals surface area contributed by atoms with E-state index in [9.17, 15) is 0 Å². The van der Waals surface area contributed by atoms with Gasteiger partial charge in [0.2, 0.25) is 5.95 Å². The predicted octanol–water partition coefficient (Wildman–Crippen LogP) is 3.16. The van der Waals surface area contributed by atoms with E-state index < -0.39 is 0 Å². The fraction of sp³-hybridized carbons (Fsp3) is 0.263. The van der Waals surface area contributed by atoms with E-state index in [1.54, 1.807) is 12.4 Å². The van der Waals surface area contributed by atoms with Crippen molar-refractivity contribution in [1.82, 2.24) is 19.9 Å². The number of hydrogen-bond acceptors (Lipinski definition) is 6. The first-order valence-electron chi connectivity index (χ1n) is 8.55. The number of anilines is 2. The lowest BCUT2D eigenvalue weighted by Gasteiger charge is -2.11. The molecular formula is C19H20N6. The molecule has 25 heavy (non-hydrogen) atoms. The summed E-state index contributed by atoms with van der Waals surface area (Å²) in [6.07, 6.45) is 10.5. The minimum Gasteiger partial charge on any atom is -0.370 e. The van der Waals surface area contributed by atoms with E-state index in [2.05, 4.69) is 30.6 Å². The van der Waals surface area contributed by atoms with Crippen molar-refractivity contribution in [1.29, 1.82) is 0 Å². The van der Waals surface area contributed by atoms with Crippen molar-refractivity contribution in [3.05, 3.63) is 60.7 Å². The maximum absolute atomic E-state index is 4.65. The maximum Gasteiger partial charge on any atom is 0.225 e. The summed E-state index contributed by atoms with van der Waals surface area (Å²) in [5.74, 6) is 1.52. The van der Waals surface area contributed by atoms with Crippen LogP contribution in [-0.2, 0) is 6.42 Å². The zero-order valence-electron chi connectivity index (χ0n) is 13.9. The quantitative estimate of drug-likeness (QED) is 0.692. The standard InChI is InChI=1S/C19H20N6/c1-2-16(1)23-19-24-17(15-6-10-21-11-7-15)13-18(25-19)22-12-5-14-3-8-20-9-4-14/h3-4,6-11,13,16H,1-2,5,12H2,(H2,22,23,24,25). The molecule has 1 fully saturated rings. The van der Waals surface area contributed by atoms with Gasteiger partial charge in [0.1, 0.15) is 5.82 Å². The summed E-state index contributed by atoms with van der Waals surface area (Å²) in [6.45, 7) is 0.805. The second kappa shape index (κ2) is 7.25. The molecule has 0 spiro atoms. The third-order valence-corrected chi connectivity index (χ3v) is 4.08. The van der Waals surface area contributed by atoms with Crippen LogP contribution in [0, 0.1) is 0 Å². The van der Waals surface area contributed by atoms with E-state index >= 15 is 0 Å². The van der Waals surface area contributed by atoms with Crippen molar-refractivity contribution in [3.63, 3.8) is 0 Å². The molecule has 4 rings (SSSR count). The summed E-state index contributed by atoms with van der Waals surface area (Å²) in [6, 6.07) is 10.5. The number of pyridine rings is 2. The lowest BCUT2D eigenvalue weighted by Crippen LogP contribution is -2.11. The lowest BCUT2D eigenvalue weighted by atomic mass is 10.2. The van der Waals surface area contributed by atoms with Crippen molar-refractivity contribution >= 4 is 11.8 Å². The Morgan fingerprint density at radius 3 is 2.36 bits per heavy atom. The highest BCUT2D eigenvalue weighted by atomic mass is 15.2. The number of rotatable bonds is 7. The molecule has 1 aliphatic carbocycles. The molecule has 0 bridgehead atoms. The van der Waals surface area contributed by atoms with Gasteiger partial charge in [-0.2, -0.15) is 4.98 Å². The fourth-order valence-electron chi connectivity index (χ4n) is 2.57. The molecule has 0 radical (unpaired) electrons. The first-order chi connectivity index (χ1) is 12.4. The van der Waals surface area contributed by atoms with E-state index in [1.165, 1.54) is 18.4 Å². The number of hydrogen-bond donors (Lipinski definition) is 2. The van der Waals surface area contributed by atoms with Crippen LogP contribution in [0.25, 0.3) is 11.3 Å². The topological polar surface area (TPSA) is 75.6 Å². The fourth-order valence-corrected chi connectivity index (χ4v) is 2.57. The smallest absolute Gasteiger partial charge is 0.225 e. The van der Waals surface area contributed by atoms with Gasteiger partial charge in [0, 0.05) is 49.0 Å². The highest BCUT2D eigenvalue weighted by Crippen LogP contribution is 2.26. The summed E-state index contributed by atoms with van der Waals surface area (Å²) >= 11 is 0. The van der Waals surface area contributed by atoms with Crippen molar-refractivity contribution in [2.75, 3.05) is 17.2 Å². The molecule has 1 saturated carbocycles. The molecule has 3 aromatic rings. The molecule has 0 amide bonds. The Balaban J connectivity index is 1.51. The van der Waals surface area contributed by atoms with E-state index in [0.717, 1.165) is 30.0 Å². The predicted molar refractivity (Wildman–Crippen MR) is 98.3 cm³/mol. The Labute approximate surface area is 146 Å². The van der Waals surface area contributed by atoms with Gasteiger partial charge in [0.05, 0.1) is 5.69 Å².